The van der Waals surface area contributed by atoms with Gasteiger partial charge in [-0.15, -0.1) is 0 Å². The van der Waals surface area contributed by atoms with Crippen LogP contribution in [0.25, 0.3) is 0 Å². The van der Waals surface area contributed by atoms with Crippen molar-refractivity contribution in [3.63, 3.8) is 0 Å². The summed E-state index contributed by atoms with van der Waals surface area (Å²) in [5.41, 5.74) is 0. The van der Waals surface area contributed by atoms with Gasteiger partial charge in [-0.1, -0.05) is 0 Å². The number of aryl methyl sites for hydroxylation is 1. The topological polar surface area (TPSA) is 105 Å². The number of nitrogens with zero attached hydrogens (tertiary/aromatic N) is 4. The molecule has 2 heterocycles. The van der Waals surface area contributed by atoms with Crippen LogP contribution in [0.3, 0.4) is 0 Å². The molecule has 0 spiro atoms. The van der Waals surface area contributed by atoms with Gasteiger partial charge in [0.25, 0.3) is 5.91 Å². The summed E-state index contributed by atoms with van der Waals surface area (Å²) in [4.78, 5) is 30.1. The molecule has 1 fully saturated rings. The molecular formula is C13H21N5O4S. The minimum Gasteiger partial charge on any atom is -0.359 e. The van der Waals surface area contributed by atoms with Crippen molar-refractivity contribution in [3.8, 4) is 0 Å². The van der Waals surface area contributed by atoms with E-state index in [1.165, 1.54) is 22.4 Å². The second kappa shape index (κ2) is 6.67. The molecule has 1 aromatic heterocycles. The fourth-order valence-corrected chi connectivity index (χ4v) is 3.42. The number of amides is 2. The second-order valence-corrected chi connectivity index (χ2v) is 7.53. The first-order valence-electron chi connectivity index (χ1n) is 7.17. The molecule has 0 saturated carbocycles. The lowest BCUT2D eigenvalue weighted by Crippen LogP contribution is -2.42. The fraction of sp³-hybridized carbons (Fsp3) is 0.615. The van der Waals surface area contributed by atoms with E-state index < -0.39 is 15.9 Å². The minimum absolute atomic E-state index is 0.0584. The summed E-state index contributed by atoms with van der Waals surface area (Å²) < 4.78 is 26.5. The van der Waals surface area contributed by atoms with E-state index in [4.69, 9.17) is 0 Å². The van der Waals surface area contributed by atoms with Gasteiger partial charge in [0.1, 0.15) is 0 Å². The van der Waals surface area contributed by atoms with E-state index in [0.29, 0.717) is 0 Å². The predicted molar refractivity (Wildman–Crippen MR) is 83.1 cm³/mol. The average Bonchev–Trinajstić information content (AvgIpc) is 2.78. The van der Waals surface area contributed by atoms with Gasteiger partial charge in [-0.05, 0) is 0 Å². The Morgan fingerprint density at radius 3 is 2.52 bits per heavy atom. The van der Waals surface area contributed by atoms with Gasteiger partial charge in [-0.25, -0.2) is 13.4 Å². The van der Waals surface area contributed by atoms with Gasteiger partial charge in [-0.3, -0.25) is 9.59 Å². The molecule has 1 aromatic rings. The second-order valence-electron chi connectivity index (χ2n) is 5.55. The van der Waals surface area contributed by atoms with Crippen molar-refractivity contribution in [1.29, 1.82) is 0 Å². The number of hydrogen-bond donors (Lipinski definition) is 1. The molecule has 1 N–H and O–H groups in total. The van der Waals surface area contributed by atoms with Crippen LogP contribution in [0.2, 0.25) is 0 Å². The number of rotatable bonds is 3. The summed E-state index contributed by atoms with van der Waals surface area (Å²) in [6.45, 7) is 0.578. The first kappa shape index (κ1) is 17.4. The van der Waals surface area contributed by atoms with Gasteiger partial charge in [0.2, 0.25) is 15.9 Å². The van der Waals surface area contributed by atoms with Crippen molar-refractivity contribution in [2.24, 2.45) is 13.0 Å². The third kappa shape index (κ3) is 3.88. The zero-order valence-electron chi connectivity index (χ0n) is 13.4. The molecular weight excluding hydrogens is 322 g/mol. The Bertz CT molecular complexity index is 699. The highest BCUT2D eigenvalue weighted by atomic mass is 32.2. The summed E-state index contributed by atoms with van der Waals surface area (Å²) in [5, 5.41) is 2.52. The van der Waals surface area contributed by atoms with E-state index in [9.17, 15) is 18.0 Å². The third-order valence-corrected chi connectivity index (χ3v) is 5.14. The van der Waals surface area contributed by atoms with Crippen LogP contribution in [0.15, 0.2) is 12.4 Å². The Morgan fingerprint density at radius 2 is 2.00 bits per heavy atom. The van der Waals surface area contributed by atoms with E-state index in [0.717, 1.165) is 6.26 Å². The molecule has 10 heteroatoms. The van der Waals surface area contributed by atoms with E-state index in [2.05, 4.69) is 10.3 Å². The molecule has 2 rings (SSSR count). The summed E-state index contributed by atoms with van der Waals surface area (Å²) in [7, 11) is -0.246. The van der Waals surface area contributed by atoms with Gasteiger partial charge in [0.05, 0.1) is 12.2 Å². The number of sulfonamides is 1. The van der Waals surface area contributed by atoms with Crippen molar-refractivity contribution in [2.75, 3.05) is 39.5 Å². The van der Waals surface area contributed by atoms with Crippen LogP contribution < -0.4 is 5.32 Å². The maximum absolute atomic E-state index is 12.6. The molecule has 1 unspecified atom stereocenters. The van der Waals surface area contributed by atoms with Crippen molar-refractivity contribution in [2.45, 2.75) is 0 Å². The number of carbonyl (C=O) groups is 2. The maximum atomic E-state index is 12.6. The number of carbonyl (C=O) groups excluding carboxylic acids is 2. The van der Waals surface area contributed by atoms with Gasteiger partial charge >= 0.3 is 0 Å². The Kier molecular flexibility index (Phi) is 5.05. The number of imidazole rings is 1. The lowest BCUT2D eigenvalue weighted by atomic mass is 10.1. The van der Waals surface area contributed by atoms with Crippen LogP contribution in [0.5, 0.6) is 0 Å². The molecule has 9 nitrogen and oxygen atoms in total. The lowest BCUT2D eigenvalue weighted by molar-refractivity contribution is -0.124. The third-order valence-electron chi connectivity index (χ3n) is 3.87. The molecule has 0 aliphatic carbocycles. The van der Waals surface area contributed by atoms with Crippen LogP contribution in [-0.4, -0.2) is 78.5 Å². The highest BCUT2D eigenvalue weighted by molar-refractivity contribution is 7.88. The van der Waals surface area contributed by atoms with E-state index in [1.807, 2.05) is 0 Å². The van der Waals surface area contributed by atoms with Crippen molar-refractivity contribution < 1.29 is 18.0 Å². The molecule has 1 aliphatic rings. The Morgan fingerprint density at radius 1 is 1.30 bits per heavy atom. The molecule has 1 aliphatic heterocycles. The molecule has 1 atom stereocenters. The van der Waals surface area contributed by atoms with Crippen LogP contribution in [0.4, 0.5) is 0 Å². The van der Waals surface area contributed by atoms with E-state index in [-0.39, 0.29) is 43.8 Å². The molecule has 128 valence electrons. The van der Waals surface area contributed by atoms with Crippen molar-refractivity contribution >= 4 is 21.8 Å². The Balaban J connectivity index is 2.27. The van der Waals surface area contributed by atoms with Crippen molar-refractivity contribution in [3.05, 3.63) is 18.2 Å². The number of nitrogens with one attached hydrogen (secondary N) is 1. The Hall–Kier alpha value is -1.94. The summed E-state index contributed by atoms with van der Waals surface area (Å²) in [5.74, 6) is -0.977. The monoisotopic (exact) mass is 343 g/mol. The average molecular weight is 343 g/mol. The zero-order valence-corrected chi connectivity index (χ0v) is 14.2. The Labute approximate surface area is 135 Å². The standard InChI is InChI=1S/C13H21N5O4S/c1-14-12(19)10-8-17(6-7-18(9-10)23(3,21)22)13(20)11-15-4-5-16(11)2/h4-5,10H,6-9H2,1-3H3,(H,14,19). The highest BCUT2D eigenvalue weighted by Crippen LogP contribution is 2.15. The number of hydrogen-bond acceptors (Lipinski definition) is 5. The lowest BCUT2D eigenvalue weighted by Gasteiger charge is -2.22. The smallest absolute Gasteiger partial charge is 0.289 e. The van der Waals surface area contributed by atoms with Crippen molar-refractivity contribution in [1.82, 2.24) is 24.1 Å². The largest absolute Gasteiger partial charge is 0.359 e. The van der Waals surface area contributed by atoms with Crippen LogP contribution in [0, 0.1) is 5.92 Å². The zero-order chi connectivity index (χ0) is 17.2. The molecule has 0 radical (unpaired) electrons. The van der Waals surface area contributed by atoms with Crippen LogP contribution >= 0.6 is 0 Å². The van der Waals surface area contributed by atoms with Gasteiger partial charge in [0, 0.05) is 52.7 Å². The summed E-state index contributed by atoms with van der Waals surface area (Å²) >= 11 is 0. The highest BCUT2D eigenvalue weighted by Gasteiger charge is 2.34. The first-order valence-corrected chi connectivity index (χ1v) is 9.02. The van der Waals surface area contributed by atoms with Gasteiger partial charge in [-0.2, -0.15) is 4.31 Å². The van der Waals surface area contributed by atoms with Gasteiger partial charge in [0.15, 0.2) is 5.82 Å². The first-order chi connectivity index (χ1) is 10.7. The fourth-order valence-electron chi connectivity index (χ4n) is 2.55. The quantitative estimate of drug-likeness (QED) is 0.719. The summed E-state index contributed by atoms with van der Waals surface area (Å²) in [6, 6.07) is 0. The number of aromatic nitrogens is 2. The molecule has 1 saturated heterocycles. The summed E-state index contributed by atoms with van der Waals surface area (Å²) in [6.07, 6.45) is 4.28. The van der Waals surface area contributed by atoms with E-state index in [1.54, 1.807) is 17.8 Å². The molecule has 0 aromatic carbocycles. The molecule has 23 heavy (non-hydrogen) atoms. The van der Waals surface area contributed by atoms with E-state index >= 15 is 0 Å². The van der Waals surface area contributed by atoms with Crippen LogP contribution in [0.1, 0.15) is 10.6 Å². The minimum atomic E-state index is -3.44. The molecule has 0 bridgehead atoms. The normalized spacial score (nSPS) is 20.1. The SMILES string of the molecule is CNC(=O)C1CN(C(=O)c2nccn2C)CCN(S(C)(=O)=O)C1. The predicted octanol–water partition coefficient (Wildman–Crippen LogP) is -1.50. The van der Waals surface area contributed by atoms with Crippen LogP contribution in [-0.2, 0) is 21.9 Å². The van der Waals surface area contributed by atoms with Gasteiger partial charge < -0.3 is 14.8 Å². The maximum Gasteiger partial charge on any atom is 0.289 e. The molecule has 2 amide bonds.